The number of aromatic nitrogens is 3. The van der Waals surface area contributed by atoms with Gasteiger partial charge >= 0.3 is 0 Å². The molecule has 4 rings (SSSR count). The van der Waals surface area contributed by atoms with Gasteiger partial charge in [0.15, 0.2) is 0 Å². The third kappa shape index (κ3) is 3.34. The highest BCUT2D eigenvalue weighted by atomic mass is 32.1. The van der Waals surface area contributed by atoms with Crippen molar-refractivity contribution in [3.8, 4) is 0 Å². The maximum atomic E-state index is 13.3. The van der Waals surface area contributed by atoms with Crippen LogP contribution in [0.4, 0.5) is 15.3 Å². The first kappa shape index (κ1) is 15.6. The van der Waals surface area contributed by atoms with Crippen molar-refractivity contribution in [2.24, 2.45) is 0 Å². The molecule has 126 valence electrons. The van der Waals surface area contributed by atoms with Gasteiger partial charge in [-0.1, -0.05) is 17.4 Å². The highest BCUT2D eigenvalue weighted by Crippen LogP contribution is 2.24. The van der Waals surface area contributed by atoms with Gasteiger partial charge in [-0.05, 0) is 41.8 Å². The number of hydrogen-bond acceptors (Lipinski definition) is 6. The minimum absolute atomic E-state index is 0.198. The Morgan fingerprint density at radius 1 is 1.24 bits per heavy atom. The largest absolute Gasteiger partial charge is 0.352 e. The lowest BCUT2D eigenvalue weighted by molar-refractivity contribution is 0.102. The molecule has 1 aromatic carbocycles. The number of halogens is 1. The molecular weight excluding hydrogens is 341 g/mol. The number of hydrogen-bond donors (Lipinski definition) is 1. The van der Waals surface area contributed by atoms with E-state index in [9.17, 15) is 9.18 Å². The van der Waals surface area contributed by atoms with Crippen LogP contribution in [0.25, 0.3) is 0 Å². The first-order valence-electron chi connectivity index (χ1n) is 7.75. The molecule has 0 fully saturated rings. The number of nitrogens with one attached hydrogen (secondary N) is 1. The van der Waals surface area contributed by atoms with Crippen LogP contribution in [0.3, 0.4) is 0 Å². The molecular formula is C17H14FN5OS. The van der Waals surface area contributed by atoms with Gasteiger partial charge in [0, 0.05) is 19.3 Å². The molecule has 0 atom stereocenters. The molecule has 2 aromatic heterocycles. The fourth-order valence-electron chi connectivity index (χ4n) is 2.82. The molecule has 0 unspecified atom stereocenters. The van der Waals surface area contributed by atoms with Gasteiger partial charge in [-0.3, -0.25) is 10.1 Å². The summed E-state index contributed by atoms with van der Waals surface area (Å²) in [7, 11) is 0. The number of carbonyl (C=O) groups is 1. The van der Waals surface area contributed by atoms with E-state index in [4.69, 9.17) is 0 Å². The maximum absolute atomic E-state index is 13.3. The van der Waals surface area contributed by atoms with E-state index in [1.165, 1.54) is 17.4 Å². The molecule has 25 heavy (non-hydrogen) atoms. The van der Waals surface area contributed by atoms with Crippen molar-refractivity contribution in [1.82, 2.24) is 15.2 Å². The van der Waals surface area contributed by atoms with E-state index in [1.54, 1.807) is 23.8 Å². The smallest absolute Gasteiger partial charge is 0.259 e. The number of amides is 1. The lowest BCUT2D eigenvalue weighted by Crippen LogP contribution is -2.31. The second-order valence-corrected chi connectivity index (χ2v) is 6.52. The summed E-state index contributed by atoms with van der Waals surface area (Å²) in [5.41, 5.74) is 4.16. The van der Waals surface area contributed by atoms with E-state index in [-0.39, 0.29) is 11.7 Å². The Morgan fingerprint density at radius 2 is 2.16 bits per heavy atom. The summed E-state index contributed by atoms with van der Waals surface area (Å²) < 4.78 is 13.3. The third-order valence-electron chi connectivity index (χ3n) is 4.10. The predicted molar refractivity (Wildman–Crippen MR) is 93.3 cm³/mol. The van der Waals surface area contributed by atoms with Crippen LogP contribution in [0, 0.1) is 5.82 Å². The molecule has 0 spiro atoms. The maximum Gasteiger partial charge on any atom is 0.259 e. The summed E-state index contributed by atoms with van der Waals surface area (Å²) in [6.07, 6.45) is 2.32. The van der Waals surface area contributed by atoms with Gasteiger partial charge in [0.05, 0.1) is 5.56 Å². The molecule has 8 heteroatoms. The van der Waals surface area contributed by atoms with E-state index >= 15 is 0 Å². The predicted octanol–water partition coefficient (Wildman–Crippen LogP) is 2.89. The minimum atomic E-state index is -0.268. The molecule has 0 bridgehead atoms. The third-order valence-corrected chi connectivity index (χ3v) is 4.70. The van der Waals surface area contributed by atoms with Crippen LogP contribution in [-0.2, 0) is 13.0 Å². The quantitative estimate of drug-likeness (QED) is 0.782. The van der Waals surface area contributed by atoms with Crippen molar-refractivity contribution in [2.45, 2.75) is 13.0 Å². The van der Waals surface area contributed by atoms with E-state index < -0.39 is 0 Å². The zero-order valence-corrected chi connectivity index (χ0v) is 14.0. The van der Waals surface area contributed by atoms with Crippen LogP contribution >= 0.6 is 11.3 Å². The molecule has 1 aliphatic heterocycles. The Hall–Kier alpha value is -2.87. The SMILES string of the molecule is O=C(Nc1nncs1)c1ccc(N2CCc3cc(F)ccc3C2)nc1. The molecule has 3 heterocycles. The van der Waals surface area contributed by atoms with Gasteiger partial charge < -0.3 is 4.90 Å². The van der Waals surface area contributed by atoms with Crippen molar-refractivity contribution in [1.29, 1.82) is 0 Å². The molecule has 0 radical (unpaired) electrons. The zero-order chi connectivity index (χ0) is 17.2. The molecule has 0 saturated carbocycles. The Balaban J connectivity index is 1.47. The summed E-state index contributed by atoms with van der Waals surface area (Å²) in [5.74, 6) is 0.328. The highest BCUT2D eigenvalue weighted by Gasteiger charge is 2.18. The number of benzene rings is 1. The average Bonchev–Trinajstić information content (AvgIpc) is 3.14. The van der Waals surface area contributed by atoms with Gasteiger partial charge in [-0.15, -0.1) is 10.2 Å². The van der Waals surface area contributed by atoms with Crippen molar-refractivity contribution in [3.05, 3.63) is 64.5 Å². The van der Waals surface area contributed by atoms with E-state index in [1.807, 2.05) is 12.1 Å². The van der Waals surface area contributed by atoms with E-state index in [2.05, 4.69) is 25.4 Å². The molecule has 0 aliphatic carbocycles. The van der Waals surface area contributed by atoms with E-state index in [0.29, 0.717) is 17.2 Å². The van der Waals surface area contributed by atoms with Crippen molar-refractivity contribution in [3.63, 3.8) is 0 Å². The normalized spacial score (nSPS) is 13.4. The first-order chi connectivity index (χ1) is 12.2. The second kappa shape index (κ2) is 6.56. The zero-order valence-electron chi connectivity index (χ0n) is 13.1. The van der Waals surface area contributed by atoms with Crippen molar-refractivity contribution < 1.29 is 9.18 Å². The Kier molecular flexibility index (Phi) is 4.10. The van der Waals surface area contributed by atoms with Gasteiger partial charge in [-0.25, -0.2) is 9.37 Å². The Bertz CT molecular complexity index is 898. The van der Waals surface area contributed by atoms with Crippen molar-refractivity contribution >= 4 is 28.2 Å². The minimum Gasteiger partial charge on any atom is -0.352 e. The molecule has 1 aliphatic rings. The van der Waals surface area contributed by atoms with Gasteiger partial charge in [0.1, 0.15) is 17.1 Å². The molecule has 0 saturated heterocycles. The topological polar surface area (TPSA) is 71.0 Å². The van der Waals surface area contributed by atoms with Gasteiger partial charge in [-0.2, -0.15) is 0 Å². The molecule has 1 amide bonds. The first-order valence-corrected chi connectivity index (χ1v) is 8.63. The summed E-state index contributed by atoms with van der Waals surface area (Å²) in [5, 5.41) is 10.6. The summed E-state index contributed by atoms with van der Waals surface area (Å²) >= 11 is 1.26. The monoisotopic (exact) mass is 355 g/mol. The average molecular weight is 355 g/mol. The molecule has 1 N–H and O–H groups in total. The van der Waals surface area contributed by atoms with E-state index in [0.717, 1.165) is 29.9 Å². The van der Waals surface area contributed by atoms with Crippen LogP contribution in [-0.4, -0.2) is 27.6 Å². The standard InChI is InChI=1S/C17H14FN5OS/c18-14-3-1-13-9-23(6-5-11(13)7-14)15-4-2-12(8-19-15)16(24)21-17-22-20-10-25-17/h1-4,7-8,10H,5-6,9H2,(H,21,22,24). The van der Waals surface area contributed by atoms with Crippen LogP contribution in [0.15, 0.2) is 42.0 Å². The van der Waals surface area contributed by atoms with Crippen LogP contribution in [0.5, 0.6) is 0 Å². The number of nitrogens with zero attached hydrogens (tertiary/aromatic N) is 4. The Morgan fingerprint density at radius 3 is 2.92 bits per heavy atom. The number of anilines is 2. The highest BCUT2D eigenvalue weighted by molar-refractivity contribution is 7.13. The number of carbonyl (C=O) groups excluding carboxylic acids is 1. The molecule has 3 aromatic rings. The number of fused-ring (bicyclic) bond motifs is 1. The van der Waals surface area contributed by atoms with Crippen LogP contribution < -0.4 is 10.2 Å². The summed E-state index contributed by atoms with van der Waals surface area (Å²) in [4.78, 5) is 18.7. The van der Waals surface area contributed by atoms with Crippen molar-refractivity contribution in [2.75, 3.05) is 16.8 Å². The Labute approximate surface area is 147 Å². The summed E-state index contributed by atoms with van der Waals surface area (Å²) in [6.45, 7) is 1.44. The fourth-order valence-corrected chi connectivity index (χ4v) is 3.26. The van der Waals surface area contributed by atoms with Gasteiger partial charge in [0.25, 0.3) is 5.91 Å². The number of pyridine rings is 1. The van der Waals surface area contributed by atoms with Crippen LogP contribution in [0.1, 0.15) is 21.5 Å². The second-order valence-electron chi connectivity index (χ2n) is 5.69. The summed E-state index contributed by atoms with van der Waals surface area (Å²) in [6, 6.07) is 8.46. The molecule has 6 nitrogen and oxygen atoms in total. The lowest BCUT2D eigenvalue weighted by Gasteiger charge is -2.29. The lowest BCUT2D eigenvalue weighted by atomic mass is 9.99. The fraction of sp³-hybridized carbons (Fsp3) is 0.176. The number of rotatable bonds is 3. The van der Waals surface area contributed by atoms with Gasteiger partial charge in [0.2, 0.25) is 5.13 Å². The van der Waals surface area contributed by atoms with Crippen LogP contribution in [0.2, 0.25) is 0 Å².